The Morgan fingerprint density at radius 3 is 2.04 bits per heavy atom. The van der Waals surface area contributed by atoms with E-state index in [4.69, 9.17) is 14.2 Å². The number of halogens is 3. The summed E-state index contributed by atoms with van der Waals surface area (Å²) in [7, 11) is 4.51. The molecule has 1 aromatic carbocycles. The Bertz CT molecular complexity index is 536. The van der Waals surface area contributed by atoms with Gasteiger partial charge in [-0.1, -0.05) is 0 Å². The van der Waals surface area contributed by atoms with Crippen LogP contribution in [-0.4, -0.2) is 58.6 Å². The molecular formula is C17H25F3N2O3. The number of nitrogens with one attached hydrogen (secondary N) is 1. The Balaban J connectivity index is 2.43. The molecule has 0 unspecified atom stereocenters. The van der Waals surface area contributed by atoms with E-state index in [0.29, 0.717) is 35.9 Å². The number of ether oxygens (including phenoxy) is 3. The van der Waals surface area contributed by atoms with E-state index in [1.807, 2.05) is 0 Å². The molecular weight excluding hydrogens is 337 g/mol. The van der Waals surface area contributed by atoms with Crippen molar-refractivity contribution in [3.8, 4) is 17.2 Å². The number of benzene rings is 1. The van der Waals surface area contributed by atoms with Crippen LogP contribution in [-0.2, 0) is 0 Å². The molecule has 1 atom stereocenters. The van der Waals surface area contributed by atoms with E-state index < -0.39 is 18.6 Å². The van der Waals surface area contributed by atoms with Crippen molar-refractivity contribution < 1.29 is 27.4 Å². The highest BCUT2D eigenvalue weighted by atomic mass is 19.4. The SMILES string of the molecule is COc1cc(OC)c([C@@H](CCC(F)(F)F)N2CCNCC2)c(OC)c1. The van der Waals surface area contributed by atoms with Crippen molar-refractivity contribution >= 4 is 0 Å². The van der Waals surface area contributed by atoms with Gasteiger partial charge in [-0.25, -0.2) is 0 Å². The molecule has 1 saturated heterocycles. The highest BCUT2D eigenvalue weighted by molar-refractivity contribution is 5.52. The second-order valence-electron chi connectivity index (χ2n) is 5.90. The predicted octanol–water partition coefficient (Wildman–Crippen LogP) is 3.00. The third-order valence-electron chi connectivity index (χ3n) is 4.38. The van der Waals surface area contributed by atoms with Crippen LogP contribution >= 0.6 is 0 Å². The molecule has 1 N–H and O–H groups in total. The maximum absolute atomic E-state index is 12.9. The molecule has 0 aromatic heterocycles. The number of hydrogen-bond donors (Lipinski definition) is 1. The van der Waals surface area contributed by atoms with Crippen molar-refractivity contribution in [2.24, 2.45) is 0 Å². The molecule has 2 rings (SSSR count). The standard InChI is InChI=1S/C17H25F3N2O3/c1-23-12-10-14(24-2)16(15(11-12)25-3)13(4-5-17(18,19)20)22-8-6-21-7-9-22/h10-11,13,21H,4-9H2,1-3H3/t13-/m1/s1. The first kappa shape index (κ1) is 19.7. The maximum atomic E-state index is 12.9. The minimum absolute atomic E-state index is 0.0530. The Labute approximate surface area is 146 Å². The van der Waals surface area contributed by atoms with Gasteiger partial charge in [0, 0.05) is 50.8 Å². The lowest BCUT2D eigenvalue weighted by molar-refractivity contribution is -0.138. The van der Waals surface area contributed by atoms with Gasteiger partial charge in [-0.3, -0.25) is 4.90 Å². The number of piperazine rings is 1. The number of methoxy groups -OCH3 is 3. The van der Waals surface area contributed by atoms with Gasteiger partial charge in [0.2, 0.25) is 0 Å². The van der Waals surface area contributed by atoms with Crippen LogP contribution in [0.4, 0.5) is 13.2 Å². The van der Waals surface area contributed by atoms with Gasteiger partial charge in [0.05, 0.1) is 26.9 Å². The molecule has 1 aliphatic rings. The topological polar surface area (TPSA) is 43.0 Å². The molecule has 1 fully saturated rings. The van der Waals surface area contributed by atoms with Crippen molar-refractivity contribution in [1.82, 2.24) is 10.2 Å². The Morgan fingerprint density at radius 1 is 1.04 bits per heavy atom. The summed E-state index contributed by atoms with van der Waals surface area (Å²) in [5.74, 6) is 1.48. The van der Waals surface area contributed by atoms with Gasteiger partial charge in [-0.2, -0.15) is 13.2 Å². The molecule has 142 valence electrons. The molecule has 5 nitrogen and oxygen atoms in total. The van der Waals surface area contributed by atoms with Gasteiger partial charge < -0.3 is 19.5 Å². The third-order valence-corrected chi connectivity index (χ3v) is 4.38. The van der Waals surface area contributed by atoms with E-state index in [1.165, 1.54) is 21.3 Å². The monoisotopic (exact) mass is 362 g/mol. The van der Waals surface area contributed by atoms with Gasteiger partial charge in [0.25, 0.3) is 0 Å². The fraction of sp³-hybridized carbons (Fsp3) is 0.647. The molecule has 0 radical (unpaired) electrons. The summed E-state index contributed by atoms with van der Waals surface area (Å²) in [6.45, 7) is 2.81. The number of nitrogens with zero attached hydrogens (tertiary/aromatic N) is 1. The van der Waals surface area contributed by atoms with Crippen LogP contribution in [0.1, 0.15) is 24.4 Å². The second-order valence-corrected chi connectivity index (χ2v) is 5.90. The summed E-state index contributed by atoms with van der Waals surface area (Å²) in [4.78, 5) is 2.05. The number of alkyl halides is 3. The summed E-state index contributed by atoms with van der Waals surface area (Å²) in [6.07, 6.45) is -5.12. The lowest BCUT2D eigenvalue weighted by Gasteiger charge is -2.36. The smallest absolute Gasteiger partial charge is 0.389 e. The minimum Gasteiger partial charge on any atom is -0.496 e. The molecule has 1 heterocycles. The summed E-state index contributed by atoms with van der Waals surface area (Å²) in [6, 6.07) is 2.92. The van der Waals surface area contributed by atoms with Crippen molar-refractivity contribution in [2.75, 3.05) is 47.5 Å². The lowest BCUT2D eigenvalue weighted by atomic mass is 9.96. The zero-order valence-electron chi connectivity index (χ0n) is 14.8. The zero-order chi connectivity index (χ0) is 18.4. The normalized spacial score (nSPS) is 17.2. The van der Waals surface area contributed by atoms with E-state index in [9.17, 15) is 13.2 Å². The Kier molecular flexibility index (Phi) is 6.78. The third kappa shape index (κ3) is 5.15. The lowest BCUT2D eigenvalue weighted by Crippen LogP contribution is -2.45. The molecule has 1 aromatic rings. The van der Waals surface area contributed by atoms with Crippen molar-refractivity contribution in [2.45, 2.75) is 25.1 Å². The first-order chi connectivity index (χ1) is 11.9. The van der Waals surface area contributed by atoms with Gasteiger partial charge in [0.15, 0.2) is 0 Å². The average molecular weight is 362 g/mol. The Morgan fingerprint density at radius 2 is 1.60 bits per heavy atom. The van der Waals surface area contributed by atoms with E-state index in [-0.39, 0.29) is 6.42 Å². The van der Waals surface area contributed by atoms with Crippen LogP contribution in [0.5, 0.6) is 17.2 Å². The zero-order valence-corrected chi connectivity index (χ0v) is 14.8. The van der Waals surface area contributed by atoms with Gasteiger partial charge in [0.1, 0.15) is 17.2 Å². The highest BCUT2D eigenvalue weighted by Gasteiger charge is 2.34. The summed E-state index contributed by atoms with van der Waals surface area (Å²) >= 11 is 0. The van der Waals surface area contributed by atoms with Crippen molar-refractivity contribution in [3.63, 3.8) is 0 Å². The van der Waals surface area contributed by atoms with Gasteiger partial charge in [-0.15, -0.1) is 0 Å². The number of hydrogen-bond acceptors (Lipinski definition) is 5. The first-order valence-corrected chi connectivity index (χ1v) is 8.21. The number of rotatable bonds is 7. The molecule has 0 spiro atoms. The molecule has 0 aliphatic carbocycles. The van der Waals surface area contributed by atoms with Crippen molar-refractivity contribution in [3.05, 3.63) is 17.7 Å². The van der Waals surface area contributed by atoms with Crippen LogP contribution in [0.2, 0.25) is 0 Å². The van der Waals surface area contributed by atoms with E-state index in [2.05, 4.69) is 10.2 Å². The molecule has 8 heteroatoms. The highest BCUT2D eigenvalue weighted by Crippen LogP contribution is 2.43. The fourth-order valence-electron chi connectivity index (χ4n) is 3.16. The van der Waals surface area contributed by atoms with Crippen LogP contribution in [0.15, 0.2) is 12.1 Å². The van der Waals surface area contributed by atoms with Crippen LogP contribution in [0.25, 0.3) is 0 Å². The first-order valence-electron chi connectivity index (χ1n) is 8.21. The van der Waals surface area contributed by atoms with E-state index >= 15 is 0 Å². The van der Waals surface area contributed by atoms with Crippen LogP contribution in [0.3, 0.4) is 0 Å². The molecule has 0 amide bonds. The van der Waals surface area contributed by atoms with Gasteiger partial charge >= 0.3 is 6.18 Å². The molecule has 0 bridgehead atoms. The second kappa shape index (κ2) is 8.62. The van der Waals surface area contributed by atoms with E-state index in [0.717, 1.165) is 13.1 Å². The fourth-order valence-corrected chi connectivity index (χ4v) is 3.16. The quantitative estimate of drug-likeness (QED) is 0.808. The molecule has 0 saturated carbocycles. The average Bonchev–Trinajstić information content (AvgIpc) is 2.61. The van der Waals surface area contributed by atoms with Crippen LogP contribution < -0.4 is 19.5 Å². The minimum atomic E-state index is -4.21. The van der Waals surface area contributed by atoms with Gasteiger partial charge in [-0.05, 0) is 6.42 Å². The summed E-state index contributed by atoms with van der Waals surface area (Å²) in [5, 5.41) is 3.22. The summed E-state index contributed by atoms with van der Waals surface area (Å²) in [5.41, 5.74) is 0.636. The van der Waals surface area contributed by atoms with E-state index in [1.54, 1.807) is 12.1 Å². The maximum Gasteiger partial charge on any atom is 0.389 e. The van der Waals surface area contributed by atoms with Crippen LogP contribution in [0, 0.1) is 0 Å². The predicted molar refractivity (Wildman–Crippen MR) is 88.6 cm³/mol. The van der Waals surface area contributed by atoms with Crippen molar-refractivity contribution in [1.29, 1.82) is 0 Å². The largest absolute Gasteiger partial charge is 0.496 e. The summed E-state index contributed by atoms with van der Waals surface area (Å²) < 4.78 is 54.7. The molecule has 25 heavy (non-hydrogen) atoms. The Hall–Kier alpha value is -1.67. The molecule has 1 aliphatic heterocycles.